The summed E-state index contributed by atoms with van der Waals surface area (Å²) in [5.74, 6) is 2.62. The monoisotopic (exact) mass is 441 g/mol. The average Bonchev–Trinajstić information content (AvgIpc) is 3.20. The molecule has 132 valence electrons. The van der Waals surface area contributed by atoms with Crippen LogP contribution in [0.15, 0.2) is 44.4 Å². The highest BCUT2D eigenvalue weighted by atomic mass is 79.9. The van der Waals surface area contributed by atoms with Crippen molar-refractivity contribution in [2.24, 2.45) is 7.05 Å². The summed E-state index contributed by atoms with van der Waals surface area (Å²) in [5.41, 5.74) is 0.893. The third-order valence-corrected chi connectivity index (χ3v) is 5.37. The molecule has 0 bridgehead atoms. The Labute approximate surface area is 163 Å². The van der Waals surface area contributed by atoms with Gasteiger partial charge in [-0.15, -0.1) is 5.10 Å². The van der Waals surface area contributed by atoms with Crippen LogP contribution in [0.25, 0.3) is 11.3 Å². The molecule has 0 spiro atoms. The van der Waals surface area contributed by atoms with Crippen molar-refractivity contribution in [3.63, 3.8) is 0 Å². The lowest BCUT2D eigenvalue weighted by Gasteiger charge is -2.03. The highest BCUT2D eigenvalue weighted by Crippen LogP contribution is 2.31. The predicted molar refractivity (Wildman–Crippen MR) is 103 cm³/mol. The zero-order valence-electron chi connectivity index (χ0n) is 13.6. The van der Waals surface area contributed by atoms with E-state index >= 15 is 0 Å². The van der Waals surface area contributed by atoms with E-state index in [1.54, 1.807) is 16.4 Å². The maximum atomic E-state index is 6.26. The fraction of sp³-hybridized carbons (Fsp3) is 0.312. The zero-order valence-corrected chi connectivity index (χ0v) is 16.7. The normalized spacial score (nSPS) is 11.2. The molecule has 0 aliphatic rings. The van der Waals surface area contributed by atoms with Gasteiger partial charge in [0.1, 0.15) is 11.5 Å². The molecule has 25 heavy (non-hydrogen) atoms. The van der Waals surface area contributed by atoms with Gasteiger partial charge >= 0.3 is 0 Å². The minimum absolute atomic E-state index is 0.665. The molecule has 3 aromatic rings. The predicted octanol–water partition coefficient (Wildman–Crippen LogP) is 4.16. The number of tetrazole rings is 1. The second kappa shape index (κ2) is 8.84. The fourth-order valence-electron chi connectivity index (χ4n) is 2.22. The van der Waals surface area contributed by atoms with Crippen molar-refractivity contribution in [1.82, 2.24) is 25.5 Å². The molecule has 3 rings (SSSR count). The Bertz CT molecular complexity index is 838. The smallest absolute Gasteiger partial charge is 0.209 e. The van der Waals surface area contributed by atoms with Crippen molar-refractivity contribution in [2.45, 2.75) is 18.1 Å². The topological polar surface area (TPSA) is 68.8 Å². The van der Waals surface area contributed by atoms with Gasteiger partial charge in [-0.25, -0.2) is 4.68 Å². The third-order valence-electron chi connectivity index (χ3n) is 3.47. The van der Waals surface area contributed by atoms with Crippen LogP contribution < -0.4 is 5.32 Å². The van der Waals surface area contributed by atoms with Crippen molar-refractivity contribution in [3.8, 4) is 11.3 Å². The van der Waals surface area contributed by atoms with Crippen LogP contribution in [0.1, 0.15) is 12.2 Å². The molecule has 0 amide bonds. The van der Waals surface area contributed by atoms with Gasteiger partial charge in [-0.3, -0.25) is 0 Å². The first-order chi connectivity index (χ1) is 12.1. The van der Waals surface area contributed by atoms with Gasteiger partial charge in [-0.2, -0.15) is 0 Å². The molecule has 9 heteroatoms. The standard InChI is InChI=1S/C16H17BrClN5OS/c1-23-16(20-21-22-23)25-8-2-7-19-10-12-4-6-15(24-12)13-5-3-11(17)9-14(13)18/h3-6,9,19H,2,7-8,10H2,1H3. The van der Waals surface area contributed by atoms with Gasteiger partial charge in [0, 0.05) is 22.8 Å². The molecule has 0 fully saturated rings. The Kier molecular flexibility index (Phi) is 6.52. The van der Waals surface area contributed by atoms with E-state index in [0.29, 0.717) is 11.6 Å². The SMILES string of the molecule is Cn1nnnc1SCCCNCc1ccc(-c2ccc(Br)cc2Cl)o1. The average molecular weight is 443 g/mol. The number of rotatable bonds is 8. The molecule has 0 radical (unpaired) electrons. The van der Waals surface area contributed by atoms with Crippen LogP contribution in [-0.4, -0.2) is 32.5 Å². The van der Waals surface area contributed by atoms with E-state index in [2.05, 4.69) is 36.8 Å². The first kappa shape index (κ1) is 18.4. The van der Waals surface area contributed by atoms with Crippen molar-refractivity contribution < 1.29 is 4.42 Å². The Hall–Kier alpha value is -1.35. The van der Waals surface area contributed by atoms with E-state index in [0.717, 1.165) is 45.4 Å². The lowest BCUT2D eigenvalue weighted by atomic mass is 10.2. The van der Waals surface area contributed by atoms with Crippen molar-refractivity contribution >= 4 is 39.3 Å². The largest absolute Gasteiger partial charge is 0.460 e. The van der Waals surface area contributed by atoms with E-state index in [1.807, 2.05) is 37.4 Å². The van der Waals surface area contributed by atoms with E-state index < -0.39 is 0 Å². The number of aromatic nitrogens is 4. The summed E-state index contributed by atoms with van der Waals surface area (Å²) in [6, 6.07) is 9.68. The summed E-state index contributed by atoms with van der Waals surface area (Å²) in [5, 5.41) is 16.2. The molecule has 2 heterocycles. The van der Waals surface area contributed by atoms with Gasteiger partial charge in [-0.1, -0.05) is 39.3 Å². The van der Waals surface area contributed by atoms with Crippen LogP contribution in [-0.2, 0) is 13.6 Å². The van der Waals surface area contributed by atoms with Crippen LogP contribution in [0.2, 0.25) is 5.02 Å². The molecule has 0 saturated heterocycles. The van der Waals surface area contributed by atoms with Crippen molar-refractivity contribution in [2.75, 3.05) is 12.3 Å². The number of hydrogen-bond acceptors (Lipinski definition) is 6. The van der Waals surface area contributed by atoms with Crippen LogP contribution in [0.3, 0.4) is 0 Å². The summed E-state index contributed by atoms with van der Waals surface area (Å²) in [6.45, 7) is 1.58. The van der Waals surface area contributed by atoms with Crippen LogP contribution in [0.5, 0.6) is 0 Å². The maximum absolute atomic E-state index is 6.26. The van der Waals surface area contributed by atoms with Gasteiger partial charge in [0.15, 0.2) is 0 Å². The first-order valence-electron chi connectivity index (χ1n) is 7.73. The second-order valence-electron chi connectivity index (χ2n) is 5.35. The summed E-state index contributed by atoms with van der Waals surface area (Å²) in [7, 11) is 1.84. The number of halogens is 2. The lowest BCUT2D eigenvalue weighted by Crippen LogP contribution is -2.14. The summed E-state index contributed by atoms with van der Waals surface area (Å²) in [4.78, 5) is 0. The maximum Gasteiger partial charge on any atom is 0.209 e. The summed E-state index contributed by atoms with van der Waals surface area (Å²) >= 11 is 11.3. The molecule has 1 aromatic carbocycles. The number of nitrogens with one attached hydrogen (secondary N) is 1. The highest BCUT2D eigenvalue weighted by molar-refractivity contribution is 9.10. The minimum Gasteiger partial charge on any atom is -0.460 e. The molecule has 0 aliphatic carbocycles. The number of thioether (sulfide) groups is 1. The molecular formula is C16H17BrClN5OS. The van der Waals surface area contributed by atoms with Gasteiger partial charge < -0.3 is 9.73 Å². The second-order valence-corrected chi connectivity index (χ2v) is 7.74. The molecular weight excluding hydrogens is 426 g/mol. The van der Waals surface area contributed by atoms with Crippen molar-refractivity contribution in [3.05, 3.63) is 45.6 Å². The van der Waals surface area contributed by atoms with Gasteiger partial charge in [0.05, 0.1) is 11.6 Å². The molecule has 0 atom stereocenters. The molecule has 2 aromatic heterocycles. The molecule has 6 nitrogen and oxygen atoms in total. The van der Waals surface area contributed by atoms with E-state index in [-0.39, 0.29) is 0 Å². The molecule has 1 N–H and O–H groups in total. The number of hydrogen-bond donors (Lipinski definition) is 1. The fourth-order valence-corrected chi connectivity index (χ4v) is 3.78. The molecule has 0 aliphatic heterocycles. The zero-order chi connectivity index (χ0) is 17.6. The molecule has 0 unspecified atom stereocenters. The Morgan fingerprint density at radius 2 is 2.20 bits per heavy atom. The number of furan rings is 1. The Balaban J connectivity index is 1.42. The van der Waals surface area contributed by atoms with Crippen molar-refractivity contribution in [1.29, 1.82) is 0 Å². The highest BCUT2D eigenvalue weighted by Gasteiger charge is 2.09. The van der Waals surface area contributed by atoms with Crippen LogP contribution in [0, 0.1) is 0 Å². The Morgan fingerprint density at radius 1 is 1.32 bits per heavy atom. The van der Waals surface area contributed by atoms with E-state index in [9.17, 15) is 0 Å². The Morgan fingerprint density at radius 3 is 2.96 bits per heavy atom. The number of benzene rings is 1. The molecule has 0 saturated carbocycles. The first-order valence-corrected chi connectivity index (χ1v) is 9.89. The van der Waals surface area contributed by atoms with Crippen LogP contribution in [0.4, 0.5) is 0 Å². The van der Waals surface area contributed by atoms with Gasteiger partial charge in [0.25, 0.3) is 0 Å². The van der Waals surface area contributed by atoms with E-state index in [4.69, 9.17) is 16.0 Å². The van der Waals surface area contributed by atoms with Gasteiger partial charge in [0.2, 0.25) is 5.16 Å². The third kappa shape index (κ3) is 5.07. The van der Waals surface area contributed by atoms with Crippen LogP contribution >= 0.6 is 39.3 Å². The number of nitrogens with zero attached hydrogens (tertiary/aromatic N) is 4. The lowest BCUT2D eigenvalue weighted by molar-refractivity contribution is 0.494. The van der Waals surface area contributed by atoms with Gasteiger partial charge in [-0.05, 0) is 53.7 Å². The summed E-state index contributed by atoms with van der Waals surface area (Å²) < 4.78 is 8.50. The number of aryl methyl sites for hydroxylation is 1. The minimum atomic E-state index is 0.665. The quantitative estimate of drug-likeness (QED) is 0.417. The summed E-state index contributed by atoms with van der Waals surface area (Å²) in [6.07, 6.45) is 1.02. The van der Waals surface area contributed by atoms with E-state index in [1.165, 1.54) is 0 Å².